The highest BCUT2D eigenvalue weighted by molar-refractivity contribution is 5.15. The standard InChI is InChI=1S/C16H25NO/c1-15(2)10-11-17(16(3,4)14(15)18)12-13-8-6-5-7-9-13/h5-9,14,18H,10-12H2,1-4H3. The zero-order chi connectivity index (χ0) is 13.4. The molecule has 1 atom stereocenters. The number of aliphatic hydroxyl groups is 1. The summed E-state index contributed by atoms with van der Waals surface area (Å²) in [5, 5.41) is 10.6. The third-order valence-corrected chi connectivity index (χ3v) is 4.47. The van der Waals surface area contributed by atoms with E-state index in [1.807, 2.05) is 6.07 Å². The molecule has 1 unspecified atom stereocenters. The predicted molar refractivity (Wildman–Crippen MR) is 75.3 cm³/mol. The summed E-state index contributed by atoms with van der Waals surface area (Å²) in [4.78, 5) is 2.40. The molecule has 1 heterocycles. The second kappa shape index (κ2) is 4.67. The largest absolute Gasteiger partial charge is 0.391 e. The summed E-state index contributed by atoms with van der Waals surface area (Å²) in [6.45, 7) is 10.6. The summed E-state index contributed by atoms with van der Waals surface area (Å²) in [5.74, 6) is 0. The first-order valence-electron chi connectivity index (χ1n) is 6.81. The molecule has 0 aromatic heterocycles. The van der Waals surface area contributed by atoms with Crippen molar-refractivity contribution in [3.63, 3.8) is 0 Å². The number of aliphatic hydroxyl groups excluding tert-OH is 1. The molecular formula is C16H25NO. The van der Waals surface area contributed by atoms with Crippen LogP contribution in [0.15, 0.2) is 30.3 Å². The number of hydrogen-bond acceptors (Lipinski definition) is 2. The Morgan fingerprint density at radius 1 is 1.17 bits per heavy atom. The van der Waals surface area contributed by atoms with Gasteiger partial charge in [0, 0.05) is 12.1 Å². The van der Waals surface area contributed by atoms with Gasteiger partial charge in [-0.05, 0) is 37.8 Å². The van der Waals surface area contributed by atoms with E-state index in [2.05, 4.69) is 56.9 Å². The molecule has 2 rings (SSSR count). The van der Waals surface area contributed by atoms with Gasteiger partial charge in [-0.1, -0.05) is 44.2 Å². The lowest BCUT2D eigenvalue weighted by molar-refractivity contribution is -0.117. The van der Waals surface area contributed by atoms with Crippen LogP contribution in [-0.4, -0.2) is 28.2 Å². The van der Waals surface area contributed by atoms with Crippen LogP contribution in [0.5, 0.6) is 0 Å². The van der Waals surface area contributed by atoms with Crippen LogP contribution < -0.4 is 0 Å². The Kier molecular flexibility index (Phi) is 3.52. The van der Waals surface area contributed by atoms with Crippen LogP contribution >= 0.6 is 0 Å². The molecule has 1 aromatic carbocycles. The Labute approximate surface area is 111 Å². The first-order chi connectivity index (χ1) is 8.34. The van der Waals surface area contributed by atoms with Crippen LogP contribution in [0.25, 0.3) is 0 Å². The van der Waals surface area contributed by atoms with E-state index in [0.29, 0.717) is 0 Å². The summed E-state index contributed by atoms with van der Waals surface area (Å²) in [6, 6.07) is 10.5. The Morgan fingerprint density at radius 2 is 1.78 bits per heavy atom. The van der Waals surface area contributed by atoms with Crippen molar-refractivity contribution >= 4 is 0 Å². The Hall–Kier alpha value is -0.860. The van der Waals surface area contributed by atoms with Crippen LogP contribution in [0.2, 0.25) is 0 Å². The number of benzene rings is 1. The molecule has 0 bridgehead atoms. The maximum Gasteiger partial charge on any atom is 0.0769 e. The van der Waals surface area contributed by atoms with E-state index in [0.717, 1.165) is 19.5 Å². The van der Waals surface area contributed by atoms with E-state index in [1.54, 1.807) is 0 Å². The van der Waals surface area contributed by atoms with Crippen molar-refractivity contribution in [3.05, 3.63) is 35.9 Å². The normalized spacial score (nSPS) is 27.1. The van der Waals surface area contributed by atoms with Crippen molar-refractivity contribution in [2.75, 3.05) is 6.54 Å². The van der Waals surface area contributed by atoms with Crippen molar-refractivity contribution in [2.45, 2.75) is 52.3 Å². The van der Waals surface area contributed by atoms with Crippen LogP contribution in [0.1, 0.15) is 39.7 Å². The molecule has 0 saturated carbocycles. The molecular weight excluding hydrogens is 222 g/mol. The van der Waals surface area contributed by atoms with E-state index in [4.69, 9.17) is 0 Å². The third-order valence-electron chi connectivity index (χ3n) is 4.47. The summed E-state index contributed by atoms with van der Waals surface area (Å²) in [5.41, 5.74) is 1.16. The maximum absolute atomic E-state index is 10.6. The van der Waals surface area contributed by atoms with Crippen molar-refractivity contribution in [1.29, 1.82) is 0 Å². The van der Waals surface area contributed by atoms with Gasteiger partial charge in [0.2, 0.25) is 0 Å². The van der Waals surface area contributed by atoms with Gasteiger partial charge >= 0.3 is 0 Å². The second-order valence-electron chi connectivity index (χ2n) is 6.70. The molecule has 0 aliphatic carbocycles. The van der Waals surface area contributed by atoms with E-state index in [1.165, 1.54) is 5.56 Å². The molecule has 1 fully saturated rings. The first-order valence-corrected chi connectivity index (χ1v) is 6.81. The Morgan fingerprint density at radius 3 is 2.39 bits per heavy atom. The topological polar surface area (TPSA) is 23.5 Å². The minimum atomic E-state index is -0.289. The smallest absolute Gasteiger partial charge is 0.0769 e. The SMILES string of the molecule is CC1(C)CCN(Cc2ccccc2)C(C)(C)C1O. The zero-order valence-electron chi connectivity index (χ0n) is 12.0. The molecule has 18 heavy (non-hydrogen) atoms. The van der Waals surface area contributed by atoms with Crippen molar-refractivity contribution < 1.29 is 5.11 Å². The zero-order valence-corrected chi connectivity index (χ0v) is 12.0. The number of likely N-dealkylation sites (tertiary alicyclic amines) is 1. The quantitative estimate of drug-likeness (QED) is 0.868. The monoisotopic (exact) mass is 247 g/mol. The molecule has 0 radical (unpaired) electrons. The van der Waals surface area contributed by atoms with Crippen molar-refractivity contribution in [3.8, 4) is 0 Å². The fourth-order valence-electron chi connectivity index (χ4n) is 3.06. The highest BCUT2D eigenvalue weighted by Crippen LogP contribution is 2.40. The fraction of sp³-hybridized carbons (Fsp3) is 0.625. The van der Waals surface area contributed by atoms with E-state index >= 15 is 0 Å². The molecule has 0 amide bonds. The molecule has 0 spiro atoms. The Bertz CT molecular complexity index is 397. The van der Waals surface area contributed by atoms with Crippen molar-refractivity contribution in [1.82, 2.24) is 4.90 Å². The number of nitrogens with zero attached hydrogens (tertiary/aromatic N) is 1. The molecule has 100 valence electrons. The van der Waals surface area contributed by atoms with E-state index in [9.17, 15) is 5.11 Å². The average molecular weight is 247 g/mol. The van der Waals surface area contributed by atoms with Gasteiger partial charge in [0.05, 0.1) is 6.10 Å². The highest BCUT2D eigenvalue weighted by Gasteiger charge is 2.46. The van der Waals surface area contributed by atoms with E-state index < -0.39 is 0 Å². The van der Waals surface area contributed by atoms with Gasteiger partial charge in [0.15, 0.2) is 0 Å². The lowest BCUT2D eigenvalue weighted by Gasteiger charge is -2.53. The molecule has 2 heteroatoms. The van der Waals surface area contributed by atoms with Gasteiger partial charge in [-0.2, -0.15) is 0 Å². The Balaban J connectivity index is 2.15. The third kappa shape index (κ3) is 2.45. The average Bonchev–Trinajstić information content (AvgIpc) is 2.33. The van der Waals surface area contributed by atoms with Crippen LogP contribution in [0.4, 0.5) is 0 Å². The minimum Gasteiger partial charge on any atom is -0.391 e. The van der Waals surface area contributed by atoms with E-state index in [-0.39, 0.29) is 17.1 Å². The molecule has 1 saturated heterocycles. The molecule has 2 nitrogen and oxygen atoms in total. The van der Waals surface area contributed by atoms with Crippen molar-refractivity contribution in [2.24, 2.45) is 5.41 Å². The minimum absolute atomic E-state index is 0.0106. The first kappa shape index (κ1) is 13.6. The lowest BCUT2D eigenvalue weighted by atomic mass is 9.70. The summed E-state index contributed by atoms with van der Waals surface area (Å²) in [7, 11) is 0. The molecule has 1 N–H and O–H groups in total. The highest BCUT2D eigenvalue weighted by atomic mass is 16.3. The van der Waals surface area contributed by atoms with Gasteiger partial charge < -0.3 is 5.11 Å². The molecule has 1 aromatic rings. The molecule has 1 aliphatic rings. The maximum atomic E-state index is 10.6. The molecule has 1 aliphatic heterocycles. The van der Waals surface area contributed by atoms with Crippen LogP contribution in [0.3, 0.4) is 0 Å². The van der Waals surface area contributed by atoms with Gasteiger partial charge in [0.25, 0.3) is 0 Å². The summed E-state index contributed by atoms with van der Waals surface area (Å²) in [6.07, 6.45) is 0.757. The number of piperidine rings is 1. The van der Waals surface area contributed by atoms with Gasteiger partial charge in [-0.25, -0.2) is 0 Å². The summed E-state index contributed by atoms with van der Waals surface area (Å²) >= 11 is 0. The van der Waals surface area contributed by atoms with Crippen LogP contribution in [0, 0.1) is 5.41 Å². The summed E-state index contributed by atoms with van der Waals surface area (Å²) < 4.78 is 0. The van der Waals surface area contributed by atoms with Crippen LogP contribution in [-0.2, 0) is 6.54 Å². The van der Waals surface area contributed by atoms with Gasteiger partial charge in [-0.15, -0.1) is 0 Å². The fourth-order valence-corrected chi connectivity index (χ4v) is 3.06. The number of rotatable bonds is 2. The van der Waals surface area contributed by atoms with Gasteiger partial charge in [-0.3, -0.25) is 4.90 Å². The lowest BCUT2D eigenvalue weighted by Crippen LogP contribution is -2.61. The van der Waals surface area contributed by atoms with Gasteiger partial charge in [0.1, 0.15) is 0 Å². The predicted octanol–water partition coefficient (Wildman–Crippen LogP) is 3.06. The second-order valence-corrected chi connectivity index (χ2v) is 6.70. The number of hydrogen-bond donors (Lipinski definition) is 1.